The maximum absolute atomic E-state index is 6.21. The van der Waals surface area contributed by atoms with Gasteiger partial charge in [0.05, 0.1) is 6.21 Å². The molecule has 0 aliphatic heterocycles. The SMILES string of the molecule is CCNC(=S)N/N=C\c1cc(C)n(-c2ccc(OCc3ccc(Cl)cc3Cl)cc2)c1C. The average molecular weight is 475 g/mol. The van der Waals surface area contributed by atoms with Crippen LogP contribution in [0.4, 0.5) is 0 Å². The number of nitrogens with zero attached hydrogens (tertiary/aromatic N) is 2. The molecule has 3 rings (SSSR count). The summed E-state index contributed by atoms with van der Waals surface area (Å²) in [5.74, 6) is 0.764. The van der Waals surface area contributed by atoms with E-state index in [2.05, 4.69) is 40.3 Å². The molecule has 0 radical (unpaired) electrons. The van der Waals surface area contributed by atoms with Crippen LogP contribution in [0.3, 0.4) is 0 Å². The largest absolute Gasteiger partial charge is 0.489 e. The fourth-order valence-corrected chi connectivity index (χ4v) is 3.83. The van der Waals surface area contributed by atoms with Gasteiger partial charge in [0.2, 0.25) is 0 Å². The van der Waals surface area contributed by atoms with Crippen LogP contribution in [-0.2, 0) is 6.61 Å². The molecule has 0 aliphatic carbocycles. The molecule has 8 heteroatoms. The van der Waals surface area contributed by atoms with Crippen molar-refractivity contribution in [2.24, 2.45) is 5.10 Å². The number of aryl methyl sites for hydroxylation is 1. The first-order valence-corrected chi connectivity index (χ1v) is 11.0. The molecule has 162 valence electrons. The van der Waals surface area contributed by atoms with Crippen LogP contribution in [0, 0.1) is 13.8 Å². The maximum atomic E-state index is 6.21. The second-order valence-corrected chi connectivity index (χ2v) is 8.16. The molecule has 5 nitrogen and oxygen atoms in total. The third-order valence-electron chi connectivity index (χ3n) is 4.68. The van der Waals surface area contributed by atoms with Gasteiger partial charge >= 0.3 is 0 Å². The summed E-state index contributed by atoms with van der Waals surface area (Å²) < 4.78 is 8.05. The van der Waals surface area contributed by atoms with Crippen molar-refractivity contribution in [1.29, 1.82) is 0 Å². The van der Waals surface area contributed by atoms with Gasteiger partial charge in [-0.25, -0.2) is 0 Å². The molecule has 31 heavy (non-hydrogen) atoms. The second-order valence-electron chi connectivity index (χ2n) is 6.91. The molecule has 0 atom stereocenters. The Kier molecular flexibility index (Phi) is 7.96. The molecule has 1 heterocycles. The average Bonchev–Trinajstić information content (AvgIpc) is 3.01. The molecule has 0 spiro atoms. The van der Waals surface area contributed by atoms with Crippen LogP contribution in [0.5, 0.6) is 5.75 Å². The van der Waals surface area contributed by atoms with Gasteiger partial charge in [-0.3, -0.25) is 5.43 Å². The van der Waals surface area contributed by atoms with Gasteiger partial charge in [-0.1, -0.05) is 29.3 Å². The molecular formula is C23H24Cl2N4OS. The van der Waals surface area contributed by atoms with E-state index in [1.165, 1.54) is 0 Å². The van der Waals surface area contributed by atoms with E-state index in [0.29, 0.717) is 21.8 Å². The highest BCUT2D eigenvalue weighted by Gasteiger charge is 2.10. The lowest BCUT2D eigenvalue weighted by Crippen LogP contribution is -2.31. The van der Waals surface area contributed by atoms with E-state index in [4.69, 9.17) is 40.2 Å². The number of rotatable bonds is 7. The number of aromatic nitrogens is 1. The highest BCUT2D eigenvalue weighted by molar-refractivity contribution is 7.80. The van der Waals surface area contributed by atoms with E-state index in [1.807, 2.05) is 37.3 Å². The van der Waals surface area contributed by atoms with Crippen LogP contribution >= 0.6 is 35.4 Å². The minimum absolute atomic E-state index is 0.374. The van der Waals surface area contributed by atoms with E-state index in [0.717, 1.165) is 40.5 Å². The number of halogens is 2. The maximum Gasteiger partial charge on any atom is 0.186 e. The highest BCUT2D eigenvalue weighted by Crippen LogP contribution is 2.25. The van der Waals surface area contributed by atoms with Crippen LogP contribution in [0.15, 0.2) is 53.6 Å². The Hall–Kier alpha value is -2.54. The standard InChI is InChI=1S/C23H24Cl2N4OS/c1-4-26-23(31)28-27-13-18-11-15(2)29(16(18)3)20-7-9-21(10-8-20)30-14-17-5-6-19(24)12-22(17)25/h5-13H,4,14H2,1-3H3,(H2,26,28,31)/b27-13-. The van der Waals surface area contributed by atoms with Gasteiger partial charge in [0.25, 0.3) is 0 Å². The topological polar surface area (TPSA) is 50.6 Å². The summed E-state index contributed by atoms with van der Waals surface area (Å²) in [6, 6.07) is 15.4. The van der Waals surface area contributed by atoms with Crippen molar-refractivity contribution in [3.8, 4) is 11.4 Å². The molecule has 3 aromatic rings. The van der Waals surface area contributed by atoms with Crippen LogP contribution in [0.2, 0.25) is 10.0 Å². The Morgan fingerprint density at radius 1 is 1.13 bits per heavy atom. The Morgan fingerprint density at radius 3 is 2.55 bits per heavy atom. The van der Waals surface area contributed by atoms with Gasteiger partial charge in [0.15, 0.2) is 5.11 Å². The molecule has 0 saturated carbocycles. The minimum Gasteiger partial charge on any atom is -0.489 e. The molecule has 0 aliphatic rings. The number of hydrogen-bond donors (Lipinski definition) is 2. The lowest BCUT2D eigenvalue weighted by atomic mass is 10.2. The summed E-state index contributed by atoms with van der Waals surface area (Å²) in [7, 11) is 0. The number of benzene rings is 2. The minimum atomic E-state index is 0.374. The number of thiocarbonyl (C=S) groups is 1. The predicted molar refractivity (Wildman–Crippen MR) is 133 cm³/mol. The summed E-state index contributed by atoms with van der Waals surface area (Å²) in [4.78, 5) is 0. The molecule has 0 amide bonds. The summed E-state index contributed by atoms with van der Waals surface area (Å²) in [6.45, 7) is 7.23. The van der Waals surface area contributed by atoms with Crippen molar-refractivity contribution in [3.05, 3.63) is 81.1 Å². The van der Waals surface area contributed by atoms with E-state index in [1.54, 1.807) is 18.3 Å². The van der Waals surface area contributed by atoms with Crippen molar-refractivity contribution >= 4 is 46.7 Å². The number of hydrogen-bond acceptors (Lipinski definition) is 3. The van der Waals surface area contributed by atoms with Crippen LogP contribution in [-0.4, -0.2) is 22.4 Å². The van der Waals surface area contributed by atoms with Gasteiger partial charge in [0.1, 0.15) is 12.4 Å². The van der Waals surface area contributed by atoms with Gasteiger partial charge in [-0.05, 0) is 75.5 Å². The van der Waals surface area contributed by atoms with Crippen LogP contribution < -0.4 is 15.5 Å². The lowest BCUT2D eigenvalue weighted by Gasteiger charge is -2.12. The number of ether oxygens (including phenoxy) is 1. The molecule has 0 bridgehead atoms. The first-order valence-electron chi connectivity index (χ1n) is 9.82. The van der Waals surface area contributed by atoms with Gasteiger partial charge in [-0.2, -0.15) is 5.10 Å². The van der Waals surface area contributed by atoms with E-state index in [-0.39, 0.29) is 0 Å². The molecule has 0 saturated heterocycles. The fraction of sp³-hybridized carbons (Fsp3) is 0.217. The number of hydrazone groups is 1. The normalized spacial score (nSPS) is 11.0. The van der Waals surface area contributed by atoms with Crippen molar-refractivity contribution in [1.82, 2.24) is 15.3 Å². The smallest absolute Gasteiger partial charge is 0.186 e. The second kappa shape index (κ2) is 10.7. The van der Waals surface area contributed by atoms with E-state index < -0.39 is 0 Å². The van der Waals surface area contributed by atoms with Crippen molar-refractivity contribution in [2.75, 3.05) is 6.54 Å². The Bertz CT molecular complexity index is 1090. The summed E-state index contributed by atoms with van der Waals surface area (Å²) >= 11 is 17.3. The van der Waals surface area contributed by atoms with Crippen molar-refractivity contribution in [3.63, 3.8) is 0 Å². The molecule has 0 fully saturated rings. The first-order chi connectivity index (χ1) is 14.9. The Morgan fingerprint density at radius 2 is 1.87 bits per heavy atom. The fourth-order valence-electron chi connectivity index (χ4n) is 3.17. The quantitative estimate of drug-likeness (QED) is 0.258. The Labute approximate surface area is 198 Å². The van der Waals surface area contributed by atoms with E-state index in [9.17, 15) is 0 Å². The summed E-state index contributed by atoms with van der Waals surface area (Å²) in [5, 5.41) is 8.92. The zero-order chi connectivity index (χ0) is 22.4. The zero-order valence-electron chi connectivity index (χ0n) is 17.6. The molecule has 2 N–H and O–H groups in total. The van der Waals surface area contributed by atoms with Crippen molar-refractivity contribution in [2.45, 2.75) is 27.4 Å². The van der Waals surface area contributed by atoms with E-state index >= 15 is 0 Å². The lowest BCUT2D eigenvalue weighted by molar-refractivity contribution is 0.306. The van der Waals surface area contributed by atoms with Crippen LogP contribution in [0.1, 0.15) is 29.4 Å². The third-order valence-corrected chi connectivity index (χ3v) is 5.50. The summed E-state index contributed by atoms with van der Waals surface area (Å²) in [6.07, 6.45) is 1.77. The predicted octanol–water partition coefficient (Wildman–Crippen LogP) is 5.80. The summed E-state index contributed by atoms with van der Waals surface area (Å²) in [5.41, 5.74) is 7.95. The molecule has 2 aromatic carbocycles. The first kappa shape index (κ1) is 23.1. The van der Waals surface area contributed by atoms with Gasteiger partial charge in [0, 0.05) is 44.8 Å². The molecular weight excluding hydrogens is 451 g/mol. The Balaban J connectivity index is 1.70. The van der Waals surface area contributed by atoms with Gasteiger partial charge < -0.3 is 14.6 Å². The number of nitrogens with one attached hydrogen (secondary N) is 2. The molecule has 1 aromatic heterocycles. The van der Waals surface area contributed by atoms with Crippen molar-refractivity contribution < 1.29 is 4.74 Å². The van der Waals surface area contributed by atoms with Gasteiger partial charge in [-0.15, -0.1) is 0 Å². The third kappa shape index (κ3) is 6.00. The monoisotopic (exact) mass is 474 g/mol. The zero-order valence-corrected chi connectivity index (χ0v) is 19.9. The highest BCUT2D eigenvalue weighted by atomic mass is 35.5. The van der Waals surface area contributed by atoms with Crippen LogP contribution in [0.25, 0.3) is 5.69 Å². The molecule has 0 unspecified atom stereocenters.